The molecule has 2 aliphatic heterocycles. The van der Waals surface area contributed by atoms with E-state index in [1.165, 1.54) is 109 Å². The van der Waals surface area contributed by atoms with Crippen molar-refractivity contribution in [2.24, 2.45) is 0 Å². The van der Waals surface area contributed by atoms with Crippen molar-refractivity contribution in [3.8, 4) is 66.8 Å². The lowest BCUT2D eigenvalue weighted by Gasteiger charge is -2.46. The Labute approximate surface area is 495 Å². The first-order valence-corrected chi connectivity index (χ1v) is 29.7. The van der Waals surface area contributed by atoms with E-state index in [-0.39, 0.29) is 6.85 Å². The number of hydrogen-bond donors (Lipinski definition) is 0. The standard InChI is InChI=1S/C79H54BN3S/c1-53-31-32-62(57-25-13-5-14-26-57)49-74(53)82-73-45-37-61(56-23-11-4-12-24-56)48-72(73)80-79-71(47-63(50-76(79)82)58-27-15-6-16-28-58)68-44-42-67(52-75(68)83(80)65-40-35-60(36-41-65)55-21-9-3-10-22-55)81(64-38-33-59(34-39-64)54-19-7-2-8-20-54)66-43-46-78-70(51-66)69-29-17-18-30-77(69)84-78/h2-52H,1H3. The Balaban J connectivity index is 0.982. The van der Waals surface area contributed by atoms with Crippen molar-refractivity contribution in [1.29, 1.82) is 0 Å². The van der Waals surface area contributed by atoms with Crippen molar-refractivity contribution >= 4 is 94.8 Å². The van der Waals surface area contributed by atoms with Gasteiger partial charge in [-0.3, -0.25) is 0 Å². The molecule has 0 aliphatic carbocycles. The van der Waals surface area contributed by atoms with Crippen LogP contribution in [-0.4, -0.2) is 6.85 Å². The van der Waals surface area contributed by atoms with Crippen LogP contribution < -0.4 is 25.5 Å². The molecule has 0 fully saturated rings. The number of rotatable bonds is 10. The van der Waals surface area contributed by atoms with Crippen LogP contribution in [0.3, 0.4) is 0 Å². The van der Waals surface area contributed by atoms with Gasteiger partial charge in [0.25, 0.3) is 0 Å². The van der Waals surface area contributed by atoms with Gasteiger partial charge in [-0.1, -0.05) is 224 Å². The maximum Gasteiger partial charge on any atom is 0.333 e. The zero-order chi connectivity index (χ0) is 55.7. The van der Waals surface area contributed by atoms with Gasteiger partial charge in [0.15, 0.2) is 0 Å². The Hall–Kier alpha value is -10.5. The molecule has 0 unspecified atom stereocenters. The van der Waals surface area contributed by atoms with Crippen LogP contribution in [0.2, 0.25) is 0 Å². The monoisotopic (exact) mass is 1090 g/mol. The van der Waals surface area contributed by atoms with Crippen LogP contribution in [0.15, 0.2) is 309 Å². The van der Waals surface area contributed by atoms with E-state index in [0.717, 1.165) is 39.8 Å². The molecule has 1 aromatic heterocycles. The summed E-state index contributed by atoms with van der Waals surface area (Å²) in [7, 11) is 0. The Bertz CT molecular complexity index is 4780. The second-order valence-electron chi connectivity index (χ2n) is 22.1. The molecule has 3 nitrogen and oxygen atoms in total. The molecular formula is C79H54BN3S. The molecular weight excluding hydrogens is 1030 g/mol. The number of benzene rings is 13. The average molecular weight is 1090 g/mol. The molecule has 0 saturated heterocycles. The van der Waals surface area contributed by atoms with Gasteiger partial charge in [-0.15, -0.1) is 11.3 Å². The Kier molecular flexibility index (Phi) is 12.1. The van der Waals surface area contributed by atoms with Crippen LogP contribution in [0.25, 0.3) is 86.9 Å². The van der Waals surface area contributed by atoms with Gasteiger partial charge < -0.3 is 14.6 Å². The predicted octanol–water partition coefficient (Wildman–Crippen LogP) is 20.9. The number of hydrogen-bond acceptors (Lipinski definition) is 4. The molecule has 13 aromatic carbocycles. The lowest BCUT2D eigenvalue weighted by atomic mass is 9.43. The third-order valence-electron chi connectivity index (χ3n) is 17.2. The maximum atomic E-state index is 2.66. The highest BCUT2D eigenvalue weighted by Crippen LogP contribution is 2.52. The minimum Gasteiger partial charge on any atom is -0.376 e. The molecule has 2 aliphatic rings. The minimum atomic E-state index is -0.246. The van der Waals surface area contributed by atoms with E-state index in [0.29, 0.717) is 0 Å². The van der Waals surface area contributed by atoms with Gasteiger partial charge in [-0.25, -0.2) is 0 Å². The van der Waals surface area contributed by atoms with Crippen LogP contribution in [0.5, 0.6) is 0 Å². The lowest BCUT2D eigenvalue weighted by molar-refractivity contribution is 1.24. The van der Waals surface area contributed by atoms with Gasteiger partial charge >= 0.3 is 6.85 Å². The van der Waals surface area contributed by atoms with Crippen molar-refractivity contribution in [3.05, 3.63) is 315 Å². The van der Waals surface area contributed by atoms with Crippen molar-refractivity contribution in [2.75, 3.05) is 14.6 Å². The summed E-state index contributed by atoms with van der Waals surface area (Å²) in [6.45, 7) is 2.02. The number of aryl methyl sites for hydroxylation is 1. The van der Waals surface area contributed by atoms with E-state index in [1.54, 1.807) is 0 Å². The third-order valence-corrected chi connectivity index (χ3v) is 18.3. The van der Waals surface area contributed by atoms with E-state index in [4.69, 9.17) is 0 Å². The quantitative estimate of drug-likeness (QED) is 0.126. The molecule has 16 rings (SSSR count). The summed E-state index contributed by atoms with van der Waals surface area (Å²) in [4.78, 5) is 7.70. The Morgan fingerprint density at radius 3 is 1.43 bits per heavy atom. The van der Waals surface area contributed by atoms with Crippen LogP contribution in [0.4, 0.5) is 45.5 Å². The minimum absolute atomic E-state index is 0.246. The van der Waals surface area contributed by atoms with E-state index in [1.807, 2.05) is 11.3 Å². The summed E-state index contributed by atoms with van der Waals surface area (Å²) < 4.78 is 2.57. The molecule has 0 bridgehead atoms. The molecule has 0 N–H and O–H groups in total. The van der Waals surface area contributed by atoms with Crippen molar-refractivity contribution in [3.63, 3.8) is 0 Å². The fourth-order valence-corrected chi connectivity index (χ4v) is 14.2. The lowest BCUT2D eigenvalue weighted by Crippen LogP contribution is -2.61. The third kappa shape index (κ3) is 8.51. The van der Waals surface area contributed by atoms with E-state index in [2.05, 4.69) is 331 Å². The van der Waals surface area contributed by atoms with Crippen molar-refractivity contribution in [2.45, 2.75) is 6.92 Å². The molecule has 394 valence electrons. The molecule has 0 spiro atoms. The normalized spacial score (nSPS) is 12.3. The topological polar surface area (TPSA) is 9.72 Å². The highest BCUT2D eigenvalue weighted by atomic mass is 32.1. The van der Waals surface area contributed by atoms with Crippen LogP contribution in [-0.2, 0) is 0 Å². The van der Waals surface area contributed by atoms with Gasteiger partial charge in [0.05, 0.1) is 0 Å². The summed E-state index contributed by atoms with van der Waals surface area (Å²) in [5, 5.41) is 2.53. The second kappa shape index (κ2) is 20.5. The molecule has 5 heteroatoms. The maximum absolute atomic E-state index is 2.66. The summed E-state index contributed by atoms with van der Waals surface area (Å²) in [5.41, 5.74) is 26.9. The molecule has 0 atom stereocenters. The Morgan fingerprint density at radius 2 is 0.786 bits per heavy atom. The number of anilines is 8. The highest BCUT2D eigenvalue weighted by Gasteiger charge is 2.46. The zero-order valence-corrected chi connectivity index (χ0v) is 47.1. The molecule has 84 heavy (non-hydrogen) atoms. The largest absolute Gasteiger partial charge is 0.376 e. The molecule has 14 aromatic rings. The van der Waals surface area contributed by atoms with Gasteiger partial charge in [-0.05, 0) is 170 Å². The van der Waals surface area contributed by atoms with E-state index >= 15 is 0 Å². The summed E-state index contributed by atoms with van der Waals surface area (Å²) in [6.07, 6.45) is 0. The first-order chi connectivity index (χ1) is 41.6. The zero-order valence-electron chi connectivity index (χ0n) is 46.3. The number of nitrogens with zero attached hydrogens (tertiary/aromatic N) is 3. The highest BCUT2D eigenvalue weighted by molar-refractivity contribution is 7.25. The van der Waals surface area contributed by atoms with Gasteiger partial charge in [0.2, 0.25) is 0 Å². The second-order valence-corrected chi connectivity index (χ2v) is 23.2. The number of fused-ring (bicyclic) bond motifs is 7. The molecule has 0 saturated carbocycles. The summed E-state index contributed by atoms with van der Waals surface area (Å²) in [6, 6.07) is 115. The first kappa shape index (κ1) is 49.4. The summed E-state index contributed by atoms with van der Waals surface area (Å²) >= 11 is 1.86. The SMILES string of the molecule is Cc1ccc(-c2ccccc2)cc1N1c2ccc(-c3ccccc3)cc2B2c3c(cc(-c4ccccc4)cc31)-c1ccc(N(c3ccc(-c4ccccc4)cc3)c3ccc4sc5ccccc5c4c3)cc1N2c1ccc(-c2ccccc2)cc1. The molecule has 0 amide bonds. The van der Waals surface area contributed by atoms with Gasteiger partial charge in [-0.2, -0.15) is 0 Å². The predicted molar refractivity (Wildman–Crippen MR) is 360 cm³/mol. The van der Waals surface area contributed by atoms with Crippen LogP contribution >= 0.6 is 11.3 Å². The van der Waals surface area contributed by atoms with Gasteiger partial charge in [0.1, 0.15) is 0 Å². The molecule has 0 radical (unpaired) electrons. The Morgan fingerprint density at radius 1 is 0.310 bits per heavy atom. The fraction of sp³-hybridized carbons (Fsp3) is 0.0127. The van der Waals surface area contributed by atoms with Crippen molar-refractivity contribution < 1.29 is 0 Å². The average Bonchev–Trinajstić information content (AvgIpc) is 1.10. The van der Waals surface area contributed by atoms with Gasteiger partial charge in [0, 0.05) is 71.2 Å². The van der Waals surface area contributed by atoms with E-state index < -0.39 is 0 Å². The fourth-order valence-electron chi connectivity index (χ4n) is 13.1. The van der Waals surface area contributed by atoms with Crippen LogP contribution in [0, 0.1) is 6.92 Å². The smallest absolute Gasteiger partial charge is 0.333 e. The molecule has 3 heterocycles. The summed E-state index contributed by atoms with van der Waals surface area (Å²) in [5.74, 6) is 0. The van der Waals surface area contributed by atoms with E-state index in [9.17, 15) is 0 Å². The van der Waals surface area contributed by atoms with Crippen LogP contribution in [0.1, 0.15) is 5.56 Å². The number of thiophene rings is 1. The first-order valence-electron chi connectivity index (χ1n) is 28.9. The van der Waals surface area contributed by atoms with Crippen molar-refractivity contribution in [1.82, 2.24) is 0 Å².